The van der Waals surface area contributed by atoms with E-state index in [4.69, 9.17) is 10.8 Å². The second-order valence-electron chi connectivity index (χ2n) is 4.01. The summed E-state index contributed by atoms with van der Waals surface area (Å²) in [7, 11) is -3.98. The van der Waals surface area contributed by atoms with E-state index in [0.717, 1.165) is 6.07 Å². The molecule has 0 aromatic heterocycles. The van der Waals surface area contributed by atoms with E-state index in [9.17, 15) is 18.0 Å². The molecule has 1 amide bonds. The maximum Gasteiger partial charge on any atom is 0.335 e. The van der Waals surface area contributed by atoms with E-state index in [1.807, 2.05) is 4.72 Å². The maximum atomic E-state index is 12.0. The van der Waals surface area contributed by atoms with Crippen molar-refractivity contribution in [3.8, 4) is 0 Å². The third-order valence-corrected chi connectivity index (χ3v) is 4.12. The zero-order valence-corrected chi connectivity index (χ0v) is 11.2. The number of sulfonamides is 1. The highest BCUT2D eigenvalue weighted by Gasteiger charge is 2.20. The average molecular weight is 286 g/mol. The highest BCUT2D eigenvalue weighted by Crippen LogP contribution is 2.21. The fraction of sp³-hybridized carbons (Fsp3) is 0.273. The molecule has 0 fully saturated rings. The molecule has 0 saturated carbocycles. The first-order chi connectivity index (χ1) is 8.65. The Labute approximate surface area is 110 Å². The summed E-state index contributed by atoms with van der Waals surface area (Å²) in [4.78, 5) is 21.4. The zero-order chi connectivity index (χ0) is 14.8. The number of hydrogen-bond acceptors (Lipinski definition) is 4. The Kier molecular flexibility index (Phi) is 4.28. The Hall–Kier alpha value is -1.93. The Morgan fingerprint density at radius 2 is 1.89 bits per heavy atom. The third-order valence-electron chi connectivity index (χ3n) is 2.59. The molecule has 0 heterocycles. The molecule has 0 unspecified atom stereocenters. The summed E-state index contributed by atoms with van der Waals surface area (Å²) >= 11 is 0. The van der Waals surface area contributed by atoms with Gasteiger partial charge in [-0.05, 0) is 37.1 Å². The molecule has 0 radical (unpaired) electrons. The Balaban J connectivity index is 3.33. The number of benzene rings is 1. The first kappa shape index (κ1) is 15.1. The number of aromatic carboxylic acids is 1. The van der Waals surface area contributed by atoms with Crippen LogP contribution in [0.25, 0.3) is 0 Å². The number of nitrogens with one attached hydrogen (secondary N) is 1. The quantitative estimate of drug-likeness (QED) is 0.688. The van der Waals surface area contributed by atoms with Crippen molar-refractivity contribution >= 4 is 21.9 Å². The van der Waals surface area contributed by atoms with Gasteiger partial charge < -0.3 is 10.8 Å². The number of carboxylic acids is 1. The lowest BCUT2D eigenvalue weighted by molar-refractivity contribution is -0.116. The van der Waals surface area contributed by atoms with E-state index in [2.05, 4.69) is 0 Å². The van der Waals surface area contributed by atoms with Crippen molar-refractivity contribution in [2.75, 3.05) is 6.54 Å². The summed E-state index contributed by atoms with van der Waals surface area (Å²) in [5.41, 5.74) is 5.67. The van der Waals surface area contributed by atoms with Crippen molar-refractivity contribution in [1.29, 1.82) is 0 Å². The van der Waals surface area contributed by atoms with Gasteiger partial charge >= 0.3 is 5.97 Å². The molecule has 0 spiro atoms. The van der Waals surface area contributed by atoms with E-state index in [1.54, 1.807) is 13.8 Å². The molecular weight excluding hydrogens is 272 g/mol. The van der Waals surface area contributed by atoms with Gasteiger partial charge in [-0.1, -0.05) is 0 Å². The van der Waals surface area contributed by atoms with Gasteiger partial charge in [0.25, 0.3) is 0 Å². The van der Waals surface area contributed by atoms with E-state index < -0.39 is 28.4 Å². The number of carbonyl (C=O) groups is 2. The number of amides is 1. The predicted octanol–water partition coefficient (Wildman–Crippen LogP) is -0.235. The summed E-state index contributed by atoms with van der Waals surface area (Å²) in [5.74, 6) is -2.05. The summed E-state index contributed by atoms with van der Waals surface area (Å²) in [6.07, 6.45) is 0. The van der Waals surface area contributed by atoms with Gasteiger partial charge in [0.2, 0.25) is 15.9 Å². The van der Waals surface area contributed by atoms with Crippen LogP contribution in [0.3, 0.4) is 0 Å². The maximum absolute atomic E-state index is 12.0. The molecule has 1 rings (SSSR count). The lowest BCUT2D eigenvalue weighted by Gasteiger charge is -2.11. The molecule has 4 N–H and O–H groups in total. The minimum atomic E-state index is -3.98. The largest absolute Gasteiger partial charge is 0.478 e. The Morgan fingerprint density at radius 1 is 1.32 bits per heavy atom. The minimum absolute atomic E-state index is 0.137. The lowest BCUT2D eigenvalue weighted by atomic mass is 10.1. The second-order valence-corrected chi connectivity index (χ2v) is 5.75. The average Bonchev–Trinajstić information content (AvgIpc) is 2.29. The van der Waals surface area contributed by atoms with Crippen LogP contribution in [0.1, 0.15) is 21.5 Å². The highest BCUT2D eigenvalue weighted by molar-refractivity contribution is 7.89. The predicted molar refractivity (Wildman–Crippen MR) is 67.3 cm³/mol. The lowest BCUT2D eigenvalue weighted by Crippen LogP contribution is -2.33. The molecule has 104 valence electrons. The van der Waals surface area contributed by atoms with Gasteiger partial charge in [-0.3, -0.25) is 4.79 Å². The van der Waals surface area contributed by atoms with Gasteiger partial charge in [-0.2, -0.15) is 0 Å². The third kappa shape index (κ3) is 3.52. The number of rotatable bonds is 5. The molecular formula is C11H14N2O5S. The number of primary amides is 1. The fourth-order valence-electron chi connectivity index (χ4n) is 1.47. The van der Waals surface area contributed by atoms with Crippen molar-refractivity contribution in [3.05, 3.63) is 28.8 Å². The fourth-order valence-corrected chi connectivity index (χ4v) is 2.81. The zero-order valence-electron chi connectivity index (χ0n) is 10.4. The topological polar surface area (TPSA) is 127 Å². The number of carbonyl (C=O) groups excluding carboxylic acids is 1. The molecule has 7 nitrogen and oxygen atoms in total. The van der Waals surface area contributed by atoms with Crippen LogP contribution in [0.2, 0.25) is 0 Å². The summed E-state index contributed by atoms with van der Waals surface area (Å²) in [6.45, 7) is 2.62. The first-order valence-corrected chi connectivity index (χ1v) is 6.76. The van der Waals surface area contributed by atoms with E-state index in [1.165, 1.54) is 6.07 Å². The van der Waals surface area contributed by atoms with Crippen molar-refractivity contribution in [1.82, 2.24) is 4.72 Å². The van der Waals surface area contributed by atoms with Gasteiger partial charge in [0.15, 0.2) is 0 Å². The van der Waals surface area contributed by atoms with Crippen LogP contribution in [0, 0.1) is 13.8 Å². The van der Waals surface area contributed by atoms with E-state index in [-0.39, 0.29) is 10.5 Å². The first-order valence-electron chi connectivity index (χ1n) is 5.27. The van der Waals surface area contributed by atoms with Crippen LogP contribution in [0.15, 0.2) is 17.0 Å². The van der Waals surface area contributed by atoms with Crippen LogP contribution in [0.4, 0.5) is 0 Å². The normalized spacial score (nSPS) is 11.3. The van der Waals surface area contributed by atoms with E-state index in [0.29, 0.717) is 11.1 Å². The molecule has 1 aromatic carbocycles. The summed E-state index contributed by atoms with van der Waals surface area (Å²) in [5, 5.41) is 8.92. The van der Waals surface area contributed by atoms with Crippen molar-refractivity contribution < 1.29 is 23.1 Å². The van der Waals surface area contributed by atoms with Gasteiger partial charge in [-0.15, -0.1) is 0 Å². The van der Waals surface area contributed by atoms with Crippen molar-refractivity contribution in [2.24, 2.45) is 5.73 Å². The van der Waals surface area contributed by atoms with Gasteiger partial charge in [-0.25, -0.2) is 17.9 Å². The molecule has 0 aliphatic carbocycles. The SMILES string of the molecule is Cc1cc(C(=O)O)cc(S(=O)(=O)NCC(N)=O)c1C. The molecule has 0 aliphatic rings. The smallest absolute Gasteiger partial charge is 0.335 e. The van der Waals surface area contributed by atoms with Crippen LogP contribution in [0.5, 0.6) is 0 Å². The standard InChI is InChI=1S/C11H14N2O5S/c1-6-3-8(11(15)16)4-9(7(6)2)19(17,18)13-5-10(12)14/h3-4,13H,5H2,1-2H3,(H2,12,14)(H,15,16). The second kappa shape index (κ2) is 5.37. The van der Waals surface area contributed by atoms with Gasteiger partial charge in [0.05, 0.1) is 17.0 Å². The van der Waals surface area contributed by atoms with Crippen LogP contribution >= 0.6 is 0 Å². The van der Waals surface area contributed by atoms with Crippen LogP contribution in [-0.4, -0.2) is 31.9 Å². The van der Waals surface area contributed by atoms with Gasteiger partial charge in [0, 0.05) is 0 Å². The van der Waals surface area contributed by atoms with Gasteiger partial charge in [0.1, 0.15) is 0 Å². The monoisotopic (exact) mass is 286 g/mol. The summed E-state index contributed by atoms with van der Waals surface area (Å²) in [6, 6.07) is 2.43. The van der Waals surface area contributed by atoms with Crippen LogP contribution in [-0.2, 0) is 14.8 Å². The molecule has 0 saturated heterocycles. The molecule has 0 bridgehead atoms. The Bertz CT molecular complexity index is 637. The Morgan fingerprint density at radius 3 is 2.37 bits per heavy atom. The van der Waals surface area contributed by atoms with Crippen LogP contribution < -0.4 is 10.5 Å². The number of nitrogens with two attached hydrogens (primary N) is 1. The molecule has 0 atom stereocenters. The molecule has 1 aromatic rings. The molecule has 19 heavy (non-hydrogen) atoms. The summed E-state index contributed by atoms with van der Waals surface area (Å²) < 4.78 is 26.0. The highest BCUT2D eigenvalue weighted by atomic mass is 32.2. The minimum Gasteiger partial charge on any atom is -0.478 e. The van der Waals surface area contributed by atoms with E-state index >= 15 is 0 Å². The number of carboxylic acid groups (broad SMARTS) is 1. The van der Waals surface area contributed by atoms with Crippen molar-refractivity contribution in [3.63, 3.8) is 0 Å². The molecule has 0 aliphatic heterocycles. The number of hydrogen-bond donors (Lipinski definition) is 3. The number of aryl methyl sites for hydroxylation is 1. The molecule has 8 heteroatoms. The van der Waals surface area contributed by atoms with Crippen molar-refractivity contribution in [2.45, 2.75) is 18.7 Å².